The number of rotatable bonds is 8. The molecule has 0 bridgehead atoms. The first-order valence-corrected chi connectivity index (χ1v) is 12.4. The third kappa shape index (κ3) is 6.50. The summed E-state index contributed by atoms with van der Waals surface area (Å²) in [6, 6.07) is -0.0146. The molecule has 0 aromatic rings. The Morgan fingerprint density at radius 2 is 1.73 bits per heavy atom. The van der Waals surface area contributed by atoms with Crippen LogP contribution in [0.5, 0.6) is 0 Å². The highest BCUT2D eigenvalue weighted by Crippen LogP contribution is 2.28. The van der Waals surface area contributed by atoms with E-state index in [0.29, 0.717) is 6.04 Å². The SMILES string of the molecule is CC(C)C(NC(=O)NC(CSN1CCN1C(C)C)C(C)(C)C)C(=O)N1CCCC1C. The summed E-state index contributed by atoms with van der Waals surface area (Å²) in [5, 5.41) is 8.49. The van der Waals surface area contributed by atoms with Crippen LogP contribution in [0.15, 0.2) is 0 Å². The van der Waals surface area contributed by atoms with Crippen LogP contribution in [0.2, 0.25) is 0 Å². The Morgan fingerprint density at radius 3 is 2.17 bits per heavy atom. The fourth-order valence-electron chi connectivity index (χ4n) is 3.91. The maximum Gasteiger partial charge on any atom is 0.315 e. The molecule has 2 aliphatic heterocycles. The van der Waals surface area contributed by atoms with Crippen molar-refractivity contribution in [1.29, 1.82) is 0 Å². The van der Waals surface area contributed by atoms with E-state index in [4.69, 9.17) is 0 Å². The summed E-state index contributed by atoms with van der Waals surface area (Å²) in [6.45, 7) is 19.8. The van der Waals surface area contributed by atoms with E-state index in [1.807, 2.05) is 18.7 Å². The first-order valence-electron chi connectivity index (χ1n) is 11.5. The second kappa shape index (κ2) is 10.6. The van der Waals surface area contributed by atoms with E-state index in [0.717, 1.165) is 38.2 Å². The maximum absolute atomic E-state index is 13.0. The Labute approximate surface area is 187 Å². The summed E-state index contributed by atoms with van der Waals surface area (Å²) in [7, 11) is 0. The zero-order chi connectivity index (χ0) is 22.6. The maximum atomic E-state index is 13.0. The van der Waals surface area contributed by atoms with Gasteiger partial charge < -0.3 is 15.5 Å². The second-order valence-corrected chi connectivity index (χ2v) is 11.4. The molecule has 2 heterocycles. The van der Waals surface area contributed by atoms with Crippen molar-refractivity contribution in [2.24, 2.45) is 11.3 Å². The van der Waals surface area contributed by atoms with Crippen LogP contribution in [0.1, 0.15) is 68.2 Å². The van der Waals surface area contributed by atoms with Crippen LogP contribution >= 0.6 is 11.9 Å². The molecule has 8 heteroatoms. The number of hydrazine groups is 1. The van der Waals surface area contributed by atoms with Gasteiger partial charge in [0.2, 0.25) is 5.91 Å². The van der Waals surface area contributed by atoms with E-state index in [2.05, 4.69) is 61.6 Å². The van der Waals surface area contributed by atoms with Crippen molar-refractivity contribution in [3.05, 3.63) is 0 Å². The Hall–Kier alpha value is -0.990. The molecule has 0 aromatic heterocycles. The van der Waals surface area contributed by atoms with Crippen LogP contribution in [-0.4, -0.2) is 75.8 Å². The zero-order valence-electron chi connectivity index (χ0n) is 20.2. The molecule has 0 aliphatic carbocycles. The molecule has 0 aromatic carbocycles. The summed E-state index contributed by atoms with van der Waals surface area (Å²) in [6.07, 6.45) is 2.08. The highest BCUT2D eigenvalue weighted by Gasteiger charge is 2.35. The average molecular weight is 442 g/mol. The lowest BCUT2D eigenvalue weighted by atomic mass is 9.88. The number of urea groups is 1. The predicted molar refractivity (Wildman–Crippen MR) is 125 cm³/mol. The van der Waals surface area contributed by atoms with Gasteiger partial charge in [0.15, 0.2) is 0 Å². The number of amides is 3. The van der Waals surface area contributed by atoms with E-state index in [9.17, 15) is 9.59 Å². The van der Waals surface area contributed by atoms with E-state index in [1.54, 1.807) is 11.9 Å². The lowest BCUT2D eigenvalue weighted by Gasteiger charge is -2.46. The molecule has 2 aliphatic rings. The molecule has 3 amide bonds. The van der Waals surface area contributed by atoms with Crippen molar-refractivity contribution in [2.45, 2.75) is 92.4 Å². The Bertz CT molecular complexity index is 593. The Morgan fingerprint density at radius 1 is 1.07 bits per heavy atom. The van der Waals surface area contributed by atoms with Crippen molar-refractivity contribution in [3.63, 3.8) is 0 Å². The Kier molecular flexibility index (Phi) is 8.89. The average Bonchev–Trinajstić information content (AvgIpc) is 3.01. The standard InChI is InChI=1S/C22H43N5O2S/c1-15(2)19(20(28)25-11-9-10-17(25)5)24-21(29)23-18(22(6,7)8)14-30-27-13-12-26(27)16(3)4/h15-19H,9-14H2,1-8H3,(H2,23,24,29). The van der Waals surface area contributed by atoms with Crippen LogP contribution in [-0.2, 0) is 4.79 Å². The second-order valence-electron chi connectivity index (χ2n) is 10.4. The summed E-state index contributed by atoms with van der Waals surface area (Å²) in [5.41, 5.74) is -0.0847. The van der Waals surface area contributed by atoms with Gasteiger partial charge in [0.25, 0.3) is 0 Å². The minimum atomic E-state index is -0.495. The van der Waals surface area contributed by atoms with Crippen molar-refractivity contribution >= 4 is 23.9 Å². The fraction of sp³-hybridized carbons (Fsp3) is 0.909. The van der Waals surface area contributed by atoms with Crippen LogP contribution in [0, 0.1) is 11.3 Å². The zero-order valence-corrected chi connectivity index (χ0v) is 21.0. The van der Waals surface area contributed by atoms with Gasteiger partial charge in [-0.2, -0.15) is 4.41 Å². The number of likely N-dealkylation sites (tertiary alicyclic amines) is 1. The molecule has 3 atom stereocenters. The third-order valence-corrected chi connectivity index (χ3v) is 7.37. The molecule has 0 saturated carbocycles. The minimum Gasteiger partial charge on any atom is -0.338 e. The van der Waals surface area contributed by atoms with Gasteiger partial charge in [-0.3, -0.25) is 4.79 Å². The number of nitrogens with zero attached hydrogens (tertiary/aromatic N) is 3. The number of carbonyl (C=O) groups is 2. The smallest absolute Gasteiger partial charge is 0.315 e. The fourth-order valence-corrected chi connectivity index (χ4v) is 5.45. The van der Waals surface area contributed by atoms with Crippen LogP contribution < -0.4 is 10.6 Å². The van der Waals surface area contributed by atoms with E-state index in [1.165, 1.54) is 0 Å². The van der Waals surface area contributed by atoms with Crippen LogP contribution in [0.4, 0.5) is 4.79 Å². The van der Waals surface area contributed by atoms with E-state index >= 15 is 0 Å². The number of hydrogen-bond acceptors (Lipinski definition) is 5. The van der Waals surface area contributed by atoms with Gasteiger partial charge in [0, 0.05) is 43.5 Å². The molecule has 2 rings (SSSR count). The van der Waals surface area contributed by atoms with E-state index < -0.39 is 6.04 Å². The number of hydrogen-bond donors (Lipinski definition) is 2. The summed E-state index contributed by atoms with van der Waals surface area (Å²) < 4.78 is 2.29. The molecular weight excluding hydrogens is 398 g/mol. The molecule has 3 unspecified atom stereocenters. The normalized spacial score (nSPS) is 22.9. The van der Waals surface area contributed by atoms with Gasteiger partial charge in [-0.05, 0) is 44.9 Å². The van der Waals surface area contributed by atoms with Gasteiger partial charge >= 0.3 is 6.03 Å². The van der Waals surface area contributed by atoms with Gasteiger partial charge in [-0.25, -0.2) is 9.80 Å². The van der Waals surface area contributed by atoms with Crippen molar-refractivity contribution in [1.82, 2.24) is 25.0 Å². The van der Waals surface area contributed by atoms with Gasteiger partial charge in [-0.15, -0.1) is 0 Å². The van der Waals surface area contributed by atoms with Crippen LogP contribution in [0.25, 0.3) is 0 Å². The van der Waals surface area contributed by atoms with Crippen molar-refractivity contribution in [3.8, 4) is 0 Å². The molecule has 2 fully saturated rings. The first kappa shape index (κ1) is 25.3. The summed E-state index contributed by atoms with van der Waals surface area (Å²) >= 11 is 1.77. The summed E-state index contributed by atoms with van der Waals surface area (Å²) in [4.78, 5) is 27.9. The molecule has 2 saturated heterocycles. The minimum absolute atomic E-state index is 0.00858. The Balaban J connectivity index is 1.95. The summed E-state index contributed by atoms with van der Waals surface area (Å²) in [5.74, 6) is 0.878. The first-order chi connectivity index (χ1) is 13.9. The molecule has 2 N–H and O–H groups in total. The van der Waals surface area contributed by atoms with Gasteiger partial charge in [0.1, 0.15) is 6.04 Å². The molecular formula is C22H43N5O2S. The lowest BCUT2D eigenvalue weighted by Crippen LogP contribution is -2.59. The molecule has 0 spiro atoms. The number of nitrogens with one attached hydrogen (secondary N) is 2. The molecule has 30 heavy (non-hydrogen) atoms. The van der Waals surface area contributed by atoms with Gasteiger partial charge in [-0.1, -0.05) is 46.6 Å². The predicted octanol–water partition coefficient (Wildman–Crippen LogP) is 3.33. The van der Waals surface area contributed by atoms with Crippen molar-refractivity contribution < 1.29 is 9.59 Å². The molecule has 7 nitrogen and oxygen atoms in total. The van der Waals surface area contributed by atoms with Crippen LogP contribution in [0.3, 0.4) is 0 Å². The topological polar surface area (TPSA) is 67.9 Å². The van der Waals surface area contributed by atoms with E-state index in [-0.39, 0.29) is 35.4 Å². The van der Waals surface area contributed by atoms with Crippen molar-refractivity contribution in [2.75, 3.05) is 25.4 Å². The molecule has 174 valence electrons. The highest BCUT2D eigenvalue weighted by molar-refractivity contribution is 7.97. The highest BCUT2D eigenvalue weighted by atomic mass is 32.2. The quantitative estimate of drug-likeness (QED) is 0.566. The largest absolute Gasteiger partial charge is 0.338 e. The third-order valence-electron chi connectivity index (χ3n) is 6.20. The monoisotopic (exact) mass is 441 g/mol. The van der Waals surface area contributed by atoms with Gasteiger partial charge in [0.05, 0.1) is 0 Å². The number of carbonyl (C=O) groups excluding carboxylic acids is 2. The lowest BCUT2D eigenvalue weighted by molar-refractivity contribution is -0.134. The molecule has 0 radical (unpaired) electrons.